The van der Waals surface area contributed by atoms with Gasteiger partial charge in [0.15, 0.2) is 0 Å². The van der Waals surface area contributed by atoms with E-state index in [1.807, 2.05) is 0 Å². The van der Waals surface area contributed by atoms with Crippen molar-refractivity contribution in [3.05, 3.63) is 0 Å². The van der Waals surface area contributed by atoms with E-state index in [1.54, 1.807) is 0 Å². The van der Waals surface area contributed by atoms with Gasteiger partial charge in [-0.1, -0.05) is 32.6 Å². The fourth-order valence-corrected chi connectivity index (χ4v) is 2.09. The molecule has 0 rings (SSSR count). The van der Waals surface area contributed by atoms with Crippen molar-refractivity contribution in [2.24, 2.45) is 0 Å². The van der Waals surface area contributed by atoms with Gasteiger partial charge in [0.25, 0.3) is 0 Å². The number of methoxy groups -OCH3 is 1. The molecular weight excluding hydrogens is 235 g/mol. The van der Waals surface area contributed by atoms with E-state index >= 15 is 0 Å². The molecule has 0 saturated carbocycles. The molecule has 0 bridgehead atoms. The summed E-state index contributed by atoms with van der Waals surface area (Å²) >= 11 is 11.9. The summed E-state index contributed by atoms with van der Waals surface area (Å²) in [5.74, 6) is -0.393. The smallest absolute Gasteiger partial charge is 0.323 e. The van der Waals surface area contributed by atoms with Crippen LogP contribution in [0.1, 0.15) is 45.4 Å². The van der Waals surface area contributed by atoms with Gasteiger partial charge < -0.3 is 4.74 Å². The summed E-state index contributed by atoms with van der Waals surface area (Å²) in [5, 5.41) is -0.632. The van der Waals surface area contributed by atoms with Crippen molar-refractivity contribution >= 4 is 29.2 Å². The van der Waals surface area contributed by atoms with Crippen molar-refractivity contribution in [3.63, 3.8) is 0 Å². The van der Waals surface area contributed by atoms with Gasteiger partial charge in [-0.05, 0) is 12.8 Å². The highest BCUT2D eigenvalue weighted by Crippen LogP contribution is 2.18. The van der Waals surface area contributed by atoms with Crippen LogP contribution in [0.15, 0.2) is 0 Å². The van der Waals surface area contributed by atoms with Gasteiger partial charge >= 0.3 is 5.97 Å². The Kier molecular flexibility index (Phi) is 9.32. The van der Waals surface area contributed by atoms with Gasteiger partial charge in [0.2, 0.25) is 0 Å². The van der Waals surface area contributed by atoms with Gasteiger partial charge in [-0.15, -0.1) is 23.2 Å². The predicted molar refractivity (Wildman–Crippen MR) is 64.7 cm³/mol. The van der Waals surface area contributed by atoms with Crippen molar-refractivity contribution in [2.75, 3.05) is 7.11 Å². The fourth-order valence-electron chi connectivity index (χ4n) is 1.36. The first-order valence-electron chi connectivity index (χ1n) is 5.47. The highest BCUT2D eigenvalue weighted by molar-refractivity contribution is 6.30. The third-order valence-corrected chi connectivity index (χ3v) is 3.04. The van der Waals surface area contributed by atoms with Crippen LogP contribution in [0.2, 0.25) is 0 Å². The van der Waals surface area contributed by atoms with Crippen LogP contribution < -0.4 is 0 Å². The molecule has 0 N–H and O–H groups in total. The lowest BCUT2D eigenvalue weighted by Crippen LogP contribution is -2.20. The molecule has 0 aliphatic heterocycles. The number of halogens is 2. The number of carbonyl (C=O) groups is 1. The summed E-state index contributed by atoms with van der Waals surface area (Å²) in [6, 6.07) is 0. The quantitative estimate of drug-likeness (QED) is 0.375. The molecule has 0 amide bonds. The van der Waals surface area contributed by atoms with Crippen LogP contribution in [0.4, 0.5) is 0 Å². The van der Waals surface area contributed by atoms with E-state index in [2.05, 4.69) is 11.7 Å². The Bertz CT molecular complexity index is 174. The zero-order valence-electron chi connectivity index (χ0n) is 9.47. The summed E-state index contributed by atoms with van der Waals surface area (Å²) in [6.45, 7) is 2.17. The Morgan fingerprint density at radius 3 is 2.47 bits per heavy atom. The monoisotopic (exact) mass is 254 g/mol. The highest BCUT2D eigenvalue weighted by atomic mass is 35.5. The molecule has 0 saturated heterocycles. The summed E-state index contributed by atoms with van der Waals surface area (Å²) in [6.07, 6.45) is 6.17. The topological polar surface area (TPSA) is 26.3 Å². The van der Waals surface area contributed by atoms with Gasteiger partial charge in [0.05, 0.1) is 7.11 Å². The highest BCUT2D eigenvalue weighted by Gasteiger charge is 2.19. The number of esters is 1. The number of unbranched alkanes of at least 4 members (excludes halogenated alkanes) is 3. The number of hydrogen-bond donors (Lipinski definition) is 0. The Labute approximate surface area is 102 Å². The Balaban J connectivity index is 3.55. The minimum absolute atomic E-state index is 0.0246. The summed E-state index contributed by atoms with van der Waals surface area (Å²) in [5.41, 5.74) is 0. The molecule has 0 aromatic heterocycles. The summed E-state index contributed by atoms with van der Waals surface area (Å²) in [7, 11) is 1.34. The molecule has 4 heteroatoms. The van der Waals surface area contributed by atoms with E-state index in [9.17, 15) is 4.79 Å². The molecule has 15 heavy (non-hydrogen) atoms. The van der Waals surface area contributed by atoms with Crippen LogP contribution in [-0.2, 0) is 9.53 Å². The van der Waals surface area contributed by atoms with Crippen molar-refractivity contribution in [3.8, 4) is 0 Å². The molecule has 2 nitrogen and oxygen atoms in total. The first-order chi connectivity index (χ1) is 7.11. The Morgan fingerprint density at radius 2 is 1.93 bits per heavy atom. The normalized spacial score (nSPS) is 14.7. The average molecular weight is 255 g/mol. The zero-order valence-corrected chi connectivity index (χ0v) is 11.0. The molecule has 0 aliphatic rings. The number of ether oxygens (including phenoxy) is 1. The molecule has 0 aromatic carbocycles. The third kappa shape index (κ3) is 7.92. The number of rotatable bonds is 8. The van der Waals surface area contributed by atoms with E-state index in [1.165, 1.54) is 26.4 Å². The number of hydrogen-bond acceptors (Lipinski definition) is 2. The average Bonchev–Trinajstić information content (AvgIpc) is 2.23. The minimum atomic E-state index is -0.608. The molecule has 2 unspecified atom stereocenters. The lowest BCUT2D eigenvalue weighted by molar-refractivity contribution is -0.140. The number of carbonyl (C=O) groups excluding carboxylic acids is 1. The predicted octanol–water partition coefficient (Wildman–Crippen LogP) is 3.73. The van der Waals surface area contributed by atoms with Gasteiger partial charge in [0, 0.05) is 5.38 Å². The standard InChI is InChI=1S/C11H20Cl2O2/c1-3-4-5-6-7-9(12)8-10(13)11(14)15-2/h9-10H,3-8H2,1-2H3. The van der Waals surface area contributed by atoms with Gasteiger partial charge in [-0.25, -0.2) is 0 Å². The second-order valence-electron chi connectivity index (χ2n) is 3.67. The summed E-state index contributed by atoms with van der Waals surface area (Å²) < 4.78 is 4.53. The van der Waals surface area contributed by atoms with E-state index < -0.39 is 11.3 Å². The van der Waals surface area contributed by atoms with Crippen LogP contribution in [0, 0.1) is 0 Å². The van der Waals surface area contributed by atoms with E-state index in [4.69, 9.17) is 23.2 Å². The van der Waals surface area contributed by atoms with Crippen LogP contribution in [0.3, 0.4) is 0 Å². The Hall–Kier alpha value is 0.0500. The first-order valence-corrected chi connectivity index (χ1v) is 6.35. The van der Waals surface area contributed by atoms with Crippen molar-refractivity contribution < 1.29 is 9.53 Å². The summed E-state index contributed by atoms with van der Waals surface area (Å²) in [4.78, 5) is 11.0. The van der Waals surface area contributed by atoms with Crippen LogP contribution in [0.5, 0.6) is 0 Å². The maximum Gasteiger partial charge on any atom is 0.323 e. The van der Waals surface area contributed by atoms with Crippen molar-refractivity contribution in [1.29, 1.82) is 0 Å². The molecule has 0 fully saturated rings. The second-order valence-corrected chi connectivity index (χ2v) is 4.82. The first kappa shape index (κ1) is 15.0. The maximum atomic E-state index is 11.0. The number of alkyl halides is 2. The van der Waals surface area contributed by atoms with Gasteiger partial charge in [-0.2, -0.15) is 0 Å². The second kappa shape index (κ2) is 9.29. The molecule has 0 radical (unpaired) electrons. The third-order valence-electron chi connectivity index (χ3n) is 2.29. The minimum Gasteiger partial charge on any atom is -0.468 e. The molecular formula is C11H20Cl2O2. The van der Waals surface area contributed by atoms with E-state index in [0.717, 1.165) is 12.8 Å². The molecule has 2 atom stereocenters. The SMILES string of the molecule is CCCCCCC(Cl)CC(Cl)C(=O)OC. The van der Waals surface area contributed by atoms with Gasteiger partial charge in [0.1, 0.15) is 5.38 Å². The fraction of sp³-hybridized carbons (Fsp3) is 0.909. The lowest BCUT2D eigenvalue weighted by atomic mass is 10.1. The van der Waals surface area contributed by atoms with Crippen molar-refractivity contribution in [1.82, 2.24) is 0 Å². The zero-order chi connectivity index (χ0) is 11.7. The van der Waals surface area contributed by atoms with Crippen molar-refractivity contribution in [2.45, 2.75) is 56.2 Å². The molecule has 0 spiro atoms. The molecule has 0 heterocycles. The van der Waals surface area contributed by atoms with E-state index in [0.29, 0.717) is 6.42 Å². The maximum absolute atomic E-state index is 11.0. The molecule has 0 aliphatic carbocycles. The van der Waals surface area contributed by atoms with Crippen LogP contribution in [-0.4, -0.2) is 23.8 Å². The van der Waals surface area contributed by atoms with E-state index in [-0.39, 0.29) is 5.38 Å². The lowest BCUT2D eigenvalue weighted by Gasteiger charge is -2.12. The molecule has 0 aromatic rings. The van der Waals surface area contributed by atoms with Crippen LogP contribution >= 0.6 is 23.2 Å². The largest absolute Gasteiger partial charge is 0.468 e. The Morgan fingerprint density at radius 1 is 1.27 bits per heavy atom. The van der Waals surface area contributed by atoms with Gasteiger partial charge in [-0.3, -0.25) is 4.79 Å². The molecule has 90 valence electrons. The van der Waals surface area contributed by atoms with Crippen LogP contribution in [0.25, 0.3) is 0 Å².